The van der Waals surface area contributed by atoms with Gasteiger partial charge in [-0.1, -0.05) is 117 Å². The number of aliphatic carboxylic acids is 2. The van der Waals surface area contributed by atoms with Crippen LogP contribution in [0.25, 0.3) is 0 Å². The molecule has 0 saturated heterocycles. The predicted octanol–water partition coefficient (Wildman–Crippen LogP) is 5.11. The third-order valence-electron chi connectivity index (χ3n) is 6.65. The Morgan fingerprint density at radius 1 is 0.591 bits per heavy atom. The number of unbranched alkanes of at least 4 members (excludes halogenated alkanes) is 16. The van der Waals surface area contributed by atoms with E-state index in [0.29, 0.717) is 12.8 Å². The van der Waals surface area contributed by atoms with Gasteiger partial charge >= 0.3 is 11.9 Å². The summed E-state index contributed by atoms with van der Waals surface area (Å²) in [5.74, 6) is -3.53. The van der Waals surface area contributed by atoms with Crippen molar-refractivity contribution in [1.29, 1.82) is 0 Å². The van der Waals surface area contributed by atoms with Crippen LogP contribution in [0.1, 0.15) is 149 Å². The van der Waals surface area contributed by atoms with Crippen LogP contribution < -0.4 is 17.2 Å². The fourth-order valence-corrected chi connectivity index (χ4v) is 4.12. The van der Waals surface area contributed by atoms with Gasteiger partial charge in [-0.3, -0.25) is 24.0 Å². The van der Waals surface area contributed by atoms with Crippen LogP contribution in [0, 0.1) is 5.92 Å². The van der Waals surface area contributed by atoms with Crippen LogP contribution in [0.4, 0.5) is 0 Å². The number of carboxylic acid groups (broad SMARTS) is 2. The number of carbonyl (C=O) groups excluding carboxylic acids is 3. The van der Waals surface area contributed by atoms with E-state index < -0.39 is 29.7 Å². The summed E-state index contributed by atoms with van der Waals surface area (Å²) in [6.07, 6.45) is 23.0. The zero-order valence-electron chi connectivity index (χ0n) is 28.1. The van der Waals surface area contributed by atoms with E-state index in [1.807, 2.05) is 0 Å². The SMILES string of the molecule is CCCCCCCCCCCC(=O)CC(CN)C(=O)O.CCCCCCCCCCCC(=O)O.NC(=O)COCC(N)=O.[Na]. The average molecular weight is 641 g/mol. The number of ketones is 1. The first-order chi connectivity index (χ1) is 20.5. The Kier molecular flexibility index (Phi) is 44.3. The summed E-state index contributed by atoms with van der Waals surface area (Å²) in [7, 11) is 0. The topological polar surface area (TPSA) is 213 Å². The number of Topliss-reactive ketones (excluding diaryl/α,β-unsaturated/α-hetero) is 1. The van der Waals surface area contributed by atoms with E-state index in [4.69, 9.17) is 15.9 Å². The van der Waals surface area contributed by atoms with Crippen molar-refractivity contribution in [3.05, 3.63) is 0 Å². The second kappa shape index (κ2) is 39.5. The fraction of sp³-hybridized carbons (Fsp3) is 0.844. The molecule has 1 radical (unpaired) electrons. The summed E-state index contributed by atoms with van der Waals surface area (Å²) >= 11 is 0. The molecule has 1 atom stereocenters. The molecule has 2 amide bonds. The Balaban J connectivity index is -0.000000291. The van der Waals surface area contributed by atoms with Crippen molar-refractivity contribution < 1.29 is 38.9 Å². The van der Waals surface area contributed by atoms with Crippen molar-refractivity contribution in [1.82, 2.24) is 0 Å². The Hall–Kier alpha value is -1.53. The molecule has 0 rings (SSSR count). The minimum Gasteiger partial charge on any atom is -0.481 e. The molecule has 0 heterocycles. The zero-order chi connectivity index (χ0) is 33.1. The van der Waals surface area contributed by atoms with Gasteiger partial charge in [0.2, 0.25) is 11.8 Å². The van der Waals surface area contributed by atoms with Gasteiger partial charge in [-0.2, -0.15) is 0 Å². The van der Waals surface area contributed by atoms with Gasteiger partial charge in [-0.05, 0) is 12.8 Å². The maximum atomic E-state index is 11.6. The molecule has 255 valence electrons. The van der Waals surface area contributed by atoms with Gasteiger partial charge in [0, 0.05) is 55.4 Å². The van der Waals surface area contributed by atoms with Gasteiger partial charge in [0.15, 0.2) is 0 Å². The zero-order valence-corrected chi connectivity index (χ0v) is 30.1. The molecule has 0 aromatic carbocycles. The first-order valence-electron chi connectivity index (χ1n) is 16.3. The van der Waals surface area contributed by atoms with Gasteiger partial charge in [-0.15, -0.1) is 0 Å². The molecule has 0 aromatic heterocycles. The van der Waals surface area contributed by atoms with E-state index in [0.717, 1.165) is 25.7 Å². The number of amides is 2. The van der Waals surface area contributed by atoms with E-state index in [-0.39, 0.29) is 61.5 Å². The molecule has 0 saturated carbocycles. The monoisotopic (exact) mass is 640 g/mol. The number of hydrogen-bond donors (Lipinski definition) is 5. The molecule has 0 bridgehead atoms. The van der Waals surface area contributed by atoms with E-state index in [1.54, 1.807) is 0 Å². The molecule has 0 aliphatic carbocycles. The predicted molar refractivity (Wildman–Crippen MR) is 176 cm³/mol. The van der Waals surface area contributed by atoms with Gasteiger partial charge in [-0.25, -0.2) is 0 Å². The Morgan fingerprint density at radius 3 is 1.23 bits per heavy atom. The molecule has 1 unspecified atom stereocenters. The fourth-order valence-electron chi connectivity index (χ4n) is 4.12. The normalized spacial score (nSPS) is 10.7. The number of hydrogen-bond acceptors (Lipinski definition) is 7. The number of carbonyl (C=O) groups is 5. The van der Waals surface area contributed by atoms with Gasteiger partial charge in [0.25, 0.3) is 0 Å². The minimum absolute atomic E-state index is 0. The molecule has 8 N–H and O–H groups in total. The van der Waals surface area contributed by atoms with E-state index >= 15 is 0 Å². The molecule has 0 aromatic rings. The first-order valence-corrected chi connectivity index (χ1v) is 16.3. The van der Waals surface area contributed by atoms with Gasteiger partial charge in [0.05, 0.1) is 5.92 Å². The van der Waals surface area contributed by atoms with E-state index in [2.05, 4.69) is 30.1 Å². The van der Waals surface area contributed by atoms with Crippen molar-refractivity contribution in [2.45, 2.75) is 149 Å². The number of primary amides is 2. The maximum Gasteiger partial charge on any atom is 0.308 e. The molecule has 0 aliphatic rings. The van der Waals surface area contributed by atoms with Gasteiger partial charge in [0.1, 0.15) is 19.0 Å². The molecule has 11 nitrogen and oxygen atoms in total. The third kappa shape index (κ3) is 47.4. The minimum atomic E-state index is -0.965. The van der Waals surface area contributed by atoms with Crippen molar-refractivity contribution in [3.63, 3.8) is 0 Å². The Bertz CT molecular complexity index is 697. The first kappa shape index (κ1) is 49.4. The molecular formula is C32H63N3NaO8. The van der Waals surface area contributed by atoms with Crippen LogP contribution in [0.3, 0.4) is 0 Å². The molecule has 0 fully saturated rings. The maximum absolute atomic E-state index is 11.6. The molecule has 0 aliphatic heterocycles. The van der Waals surface area contributed by atoms with Crippen molar-refractivity contribution >= 4 is 59.1 Å². The van der Waals surface area contributed by atoms with Crippen molar-refractivity contribution in [2.24, 2.45) is 23.1 Å². The summed E-state index contributed by atoms with van der Waals surface area (Å²) in [4.78, 5) is 52.4. The number of ether oxygens (including phenoxy) is 1. The van der Waals surface area contributed by atoms with Crippen LogP contribution in [0.15, 0.2) is 0 Å². The molecule has 12 heteroatoms. The van der Waals surface area contributed by atoms with E-state index in [9.17, 15) is 24.0 Å². The Labute approximate surface area is 288 Å². The quantitative estimate of drug-likeness (QED) is 0.0567. The van der Waals surface area contributed by atoms with Gasteiger partial charge < -0.3 is 32.2 Å². The van der Waals surface area contributed by atoms with Crippen molar-refractivity contribution in [3.8, 4) is 0 Å². The second-order valence-corrected chi connectivity index (χ2v) is 11.0. The second-order valence-electron chi connectivity index (χ2n) is 11.0. The molecule has 0 spiro atoms. The number of nitrogens with two attached hydrogens (primary N) is 3. The third-order valence-corrected chi connectivity index (χ3v) is 6.65. The standard InChI is InChI=1S/C16H31NO3.C12H24O2.C4H8N2O3.Na/c1-2-3-4-5-6-7-8-9-10-11-15(18)12-14(13-17)16(19)20;1-2-3-4-5-6-7-8-9-10-11-12(13)14;5-3(7)1-9-2-4(6)8;/h14H,2-13,17H2,1H3,(H,19,20);2-11H2,1H3,(H,13,14);1-2H2,(H2,5,7)(H2,6,8);. The summed E-state index contributed by atoms with van der Waals surface area (Å²) in [5, 5.41) is 17.2. The number of rotatable bonds is 28. The average Bonchev–Trinajstić information content (AvgIpc) is 2.94. The largest absolute Gasteiger partial charge is 0.481 e. The Morgan fingerprint density at radius 2 is 0.932 bits per heavy atom. The van der Waals surface area contributed by atoms with Crippen LogP contribution >= 0.6 is 0 Å². The van der Waals surface area contributed by atoms with Crippen LogP contribution in [-0.4, -0.2) is 89.1 Å². The summed E-state index contributed by atoms with van der Waals surface area (Å²) in [5.41, 5.74) is 14.7. The molecule has 44 heavy (non-hydrogen) atoms. The van der Waals surface area contributed by atoms with Crippen LogP contribution in [-0.2, 0) is 28.7 Å². The smallest absolute Gasteiger partial charge is 0.308 e. The number of carboxylic acids is 2. The summed E-state index contributed by atoms with van der Waals surface area (Å²) < 4.78 is 4.41. The van der Waals surface area contributed by atoms with Crippen molar-refractivity contribution in [2.75, 3.05) is 19.8 Å². The van der Waals surface area contributed by atoms with E-state index in [1.165, 1.54) is 89.9 Å². The molecular weight excluding hydrogens is 577 g/mol. The summed E-state index contributed by atoms with van der Waals surface area (Å²) in [6.45, 7) is 3.97. The van der Waals surface area contributed by atoms with Crippen LogP contribution in [0.2, 0.25) is 0 Å². The summed E-state index contributed by atoms with van der Waals surface area (Å²) in [6, 6.07) is 0. The van der Waals surface area contributed by atoms with Crippen LogP contribution in [0.5, 0.6) is 0 Å².